The van der Waals surface area contributed by atoms with Crippen molar-refractivity contribution < 1.29 is 13.2 Å². The second-order valence-electron chi connectivity index (χ2n) is 6.06. The van der Waals surface area contributed by atoms with Crippen molar-refractivity contribution in [3.05, 3.63) is 66.2 Å². The first kappa shape index (κ1) is 17.6. The number of thiazole rings is 1. The lowest BCUT2D eigenvalue weighted by Crippen LogP contribution is -2.14. The van der Waals surface area contributed by atoms with Gasteiger partial charge in [0.1, 0.15) is 0 Å². The zero-order valence-electron chi connectivity index (χ0n) is 14.0. The number of amides is 1. The van der Waals surface area contributed by atoms with E-state index in [1.165, 1.54) is 23.5 Å². The summed E-state index contributed by atoms with van der Waals surface area (Å²) in [5, 5.41) is 10.5. The SMILES string of the molecule is NS(=O)(=O)c1ccc2nc(NC(=O)Cc3cccc4ccccc34)sc2c1. The quantitative estimate of drug-likeness (QED) is 0.552. The van der Waals surface area contributed by atoms with Gasteiger partial charge in [-0.15, -0.1) is 0 Å². The van der Waals surface area contributed by atoms with Gasteiger partial charge in [-0.1, -0.05) is 53.8 Å². The zero-order chi connectivity index (χ0) is 19.0. The van der Waals surface area contributed by atoms with Crippen molar-refractivity contribution in [1.29, 1.82) is 0 Å². The van der Waals surface area contributed by atoms with Crippen LogP contribution in [0.15, 0.2) is 65.6 Å². The molecule has 0 aliphatic heterocycles. The smallest absolute Gasteiger partial charge is 0.238 e. The lowest BCUT2D eigenvalue weighted by Gasteiger charge is -2.06. The van der Waals surface area contributed by atoms with Crippen molar-refractivity contribution in [3.63, 3.8) is 0 Å². The summed E-state index contributed by atoms with van der Waals surface area (Å²) >= 11 is 1.21. The predicted octanol–water partition coefficient (Wildman–Crippen LogP) is 3.28. The summed E-state index contributed by atoms with van der Waals surface area (Å²) in [7, 11) is -3.78. The number of aromatic nitrogens is 1. The highest BCUT2D eigenvalue weighted by molar-refractivity contribution is 7.89. The minimum atomic E-state index is -3.78. The van der Waals surface area contributed by atoms with E-state index < -0.39 is 10.0 Å². The summed E-state index contributed by atoms with van der Waals surface area (Å²) in [5.41, 5.74) is 1.54. The Labute approximate surface area is 159 Å². The van der Waals surface area contributed by atoms with E-state index in [2.05, 4.69) is 10.3 Å². The van der Waals surface area contributed by atoms with Gasteiger partial charge in [0.25, 0.3) is 0 Å². The van der Waals surface area contributed by atoms with Crippen LogP contribution in [0.4, 0.5) is 5.13 Å². The summed E-state index contributed by atoms with van der Waals surface area (Å²) in [6.45, 7) is 0. The zero-order valence-corrected chi connectivity index (χ0v) is 15.7. The van der Waals surface area contributed by atoms with Gasteiger partial charge < -0.3 is 5.32 Å². The van der Waals surface area contributed by atoms with E-state index in [1.807, 2.05) is 42.5 Å². The Balaban J connectivity index is 1.57. The van der Waals surface area contributed by atoms with Crippen LogP contribution in [0, 0.1) is 0 Å². The molecule has 3 aromatic carbocycles. The number of nitrogens with zero attached hydrogens (tertiary/aromatic N) is 1. The van der Waals surface area contributed by atoms with E-state index in [-0.39, 0.29) is 17.2 Å². The number of carbonyl (C=O) groups is 1. The Morgan fingerprint density at radius 1 is 1.07 bits per heavy atom. The minimum absolute atomic E-state index is 0.0206. The van der Waals surface area contributed by atoms with Gasteiger partial charge in [0.2, 0.25) is 15.9 Å². The average molecular weight is 397 g/mol. The second-order valence-corrected chi connectivity index (χ2v) is 8.65. The molecule has 1 amide bonds. The summed E-state index contributed by atoms with van der Waals surface area (Å²) in [6.07, 6.45) is 0.222. The van der Waals surface area contributed by atoms with Crippen LogP contribution in [0.3, 0.4) is 0 Å². The van der Waals surface area contributed by atoms with Gasteiger partial charge in [-0.3, -0.25) is 4.79 Å². The molecule has 0 fully saturated rings. The molecule has 0 unspecified atom stereocenters. The Bertz CT molecular complexity index is 1270. The third kappa shape index (κ3) is 3.68. The summed E-state index contributed by atoms with van der Waals surface area (Å²) in [6, 6.07) is 18.2. The maximum Gasteiger partial charge on any atom is 0.238 e. The molecule has 0 saturated heterocycles. The van der Waals surface area contributed by atoms with Crippen molar-refractivity contribution >= 4 is 53.4 Å². The van der Waals surface area contributed by atoms with Crippen LogP contribution in [0.2, 0.25) is 0 Å². The standard InChI is InChI=1S/C19H15N3O3S2/c20-27(24,25)14-8-9-16-17(11-14)26-19(21-16)22-18(23)10-13-6-3-5-12-4-1-2-7-15(12)13/h1-9,11H,10H2,(H2,20,24,25)(H,21,22,23). The fourth-order valence-corrected chi connectivity index (χ4v) is 4.45. The number of hydrogen-bond donors (Lipinski definition) is 2. The highest BCUT2D eigenvalue weighted by Gasteiger charge is 2.13. The van der Waals surface area contributed by atoms with Crippen molar-refractivity contribution in [2.75, 3.05) is 5.32 Å². The van der Waals surface area contributed by atoms with Crippen molar-refractivity contribution in [1.82, 2.24) is 4.98 Å². The number of rotatable bonds is 4. The molecule has 1 heterocycles. The van der Waals surface area contributed by atoms with Gasteiger partial charge >= 0.3 is 0 Å². The number of nitrogens with one attached hydrogen (secondary N) is 1. The molecule has 136 valence electrons. The maximum atomic E-state index is 12.5. The van der Waals surface area contributed by atoms with E-state index in [0.29, 0.717) is 15.3 Å². The number of fused-ring (bicyclic) bond motifs is 2. The molecule has 0 aliphatic carbocycles. The van der Waals surface area contributed by atoms with E-state index in [4.69, 9.17) is 5.14 Å². The monoisotopic (exact) mass is 397 g/mol. The highest BCUT2D eigenvalue weighted by atomic mass is 32.2. The van der Waals surface area contributed by atoms with Crippen LogP contribution >= 0.6 is 11.3 Å². The molecule has 0 radical (unpaired) electrons. The number of primary sulfonamides is 1. The van der Waals surface area contributed by atoms with E-state index >= 15 is 0 Å². The first-order valence-electron chi connectivity index (χ1n) is 8.10. The molecule has 0 atom stereocenters. The van der Waals surface area contributed by atoms with E-state index in [0.717, 1.165) is 16.3 Å². The van der Waals surface area contributed by atoms with Gasteiger partial charge in [0.05, 0.1) is 21.5 Å². The van der Waals surface area contributed by atoms with E-state index in [1.54, 1.807) is 6.07 Å². The Morgan fingerprint density at radius 3 is 2.67 bits per heavy atom. The minimum Gasteiger partial charge on any atom is -0.302 e. The highest BCUT2D eigenvalue weighted by Crippen LogP contribution is 2.28. The molecule has 0 saturated carbocycles. The topological polar surface area (TPSA) is 102 Å². The Morgan fingerprint density at radius 2 is 1.85 bits per heavy atom. The molecule has 0 aliphatic rings. The first-order valence-corrected chi connectivity index (χ1v) is 10.5. The lowest BCUT2D eigenvalue weighted by atomic mass is 10.0. The molecule has 8 heteroatoms. The number of nitrogens with two attached hydrogens (primary N) is 1. The number of benzene rings is 3. The molecule has 6 nitrogen and oxygen atoms in total. The van der Waals surface area contributed by atoms with Gasteiger partial charge in [0.15, 0.2) is 5.13 Å². The molecule has 4 aromatic rings. The van der Waals surface area contributed by atoms with E-state index in [9.17, 15) is 13.2 Å². The molecule has 1 aromatic heterocycles. The fraction of sp³-hybridized carbons (Fsp3) is 0.0526. The predicted molar refractivity (Wildman–Crippen MR) is 107 cm³/mol. The molecular formula is C19H15N3O3S2. The lowest BCUT2D eigenvalue weighted by molar-refractivity contribution is -0.115. The Hall–Kier alpha value is -2.81. The van der Waals surface area contributed by atoms with Crippen LogP contribution in [0.25, 0.3) is 21.0 Å². The largest absolute Gasteiger partial charge is 0.302 e. The van der Waals surface area contributed by atoms with Gasteiger partial charge in [-0.25, -0.2) is 18.5 Å². The average Bonchev–Trinajstić information content (AvgIpc) is 3.02. The normalized spacial score (nSPS) is 11.7. The maximum absolute atomic E-state index is 12.5. The fourth-order valence-electron chi connectivity index (χ4n) is 2.92. The van der Waals surface area contributed by atoms with Crippen LogP contribution in [0.1, 0.15) is 5.56 Å². The third-order valence-corrected chi connectivity index (χ3v) is 6.01. The van der Waals surface area contributed by atoms with Gasteiger partial charge in [0, 0.05) is 0 Å². The molecule has 27 heavy (non-hydrogen) atoms. The number of hydrogen-bond acceptors (Lipinski definition) is 5. The summed E-state index contributed by atoms with van der Waals surface area (Å²) in [5.74, 6) is -0.183. The summed E-state index contributed by atoms with van der Waals surface area (Å²) < 4.78 is 23.6. The van der Waals surface area contributed by atoms with Crippen molar-refractivity contribution in [2.45, 2.75) is 11.3 Å². The molecular weight excluding hydrogens is 382 g/mol. The number of carbonyl (C=O) groups excluding carboxylic acids is 1. The molecule has 0 bridgehead atoms. The van der Waals surface area contributed by atoms with Crippen LogP contribution in [0.5, 0.6) is 0 Å². The number of sulfonamides is 1. The van der Waals surface area contributed by atoms with Gasteiger partial charge in [-0.05, 0) is 34.5 Å². The van der Waals surface area contributed by atoms with Crippen LogP contribution in [-0.2, 0) is 21.2 Å². The summed E-state index contributed by atoms with van der Waals surface area (Å²) in [4.78, 5) is 16.8. The molecule has 0 spiro atoms. The van der Waals surface area contributed by atoms with Crippen LogP contribution in [-0.4, -0.2) is 19.3 Å². The second kappa shape index (κ2) is 6.73. The third-order valence-electron chi connectivity index (χ3n) is 4.17. The molecule has 3 N–H and O–H groups in total. The van der Waals surface area contributed by atoms with Crippen LogP contribution < -0.4 is 10.5 Å². The van der Waals surface area contributed by atoms with Crippen molar-refractivity contribution in [3.8, 4) is 0 Å². The first-order chi connectivity index (χ1) is 12.9. The van der Waals surface area contributed by atoms with Gasteiger partial charge in [-0.2, -0.15) is 0 Å². The van der Waals surface area contributed by atoms with Crippen molar-refractivity contribution in [2.24, 2.45) is 5.14 Å². The number of anilines is 1. The Kier molecular flexibility index (Phi) is 4.39. The molecule has 4 rings (SSSR count).